The van der Waals surface area contributed by atoms with Gasteiger partial charge in [0.05, 0.1) is 11.0 Å². The molecule has 14 heavy (non-hydrogen) atoms. The zero-order valence-electron chi connectivity index (χ0n) is 7.60. The summed E-state index contributed by atoms with van der Waals surface area (Å²) < 4.78 is 22.8. The van der Waals surface area contributed by atoms with Crippen molar-refractivity contribution in [1.29, 1.82) is 5.26 Å². The molecule has 3 nitrogen and oxygen atoms in total. The number of nitrogens with zero attached hydrogens (tertiary/aromatic N) is 1. The number of hydrogen-bond acceptors (Lipinski definition) is 4. The first-order chi connectivity index (χ1) is 6.60. The second kappa shape index (κ2) is 4.49. The van der Waals surface area contributed by atoms with E-state index in [0.29, 0.717) is 0 Å². The van der Waals surface area contributed by atoms with Gasteiger partial charge in [0, 0.05) is 4.90 Å². The van der Waals surface area contributed by atoms with Gasteiger partial charge in [-0.2, -0.15) is 5.26 Å². The lowest BCUT2D eigenvalue weighted by atomic mass is 10.4. The molecule has 74 valence electrons. The summed E-state index contributed by atoms with van der Waals surface area (Å²) in [6.45, 7) is 0. The molecule has 0 spiro atoms. The zero-order valence-corrected chi connectivity index (χ0v) is 9.23. The Kier molecular flexibility index (Phi) is 3.55. The van der Waals surface area contributed by atoms with Crippen molar-refractivity contribution < 1.29 is 8.42 Å². The van der Waals surface area contributed by atoms with Crippen molar-refractivity contribution in [2.24, 2.45) is 0 Å². The monoisotopic (exact) mass is 227 g/mol. The summed E-state index contributed by atoms with van der Waals surface area (Å²) in [7, 11) is -3.41. The summed E-state index contributed by atoms with van der Waals surface area (Å²) in [6, 6.07) is 8.16. The van der Waals surface area contributed by atoms with E-state index in [1.165, 1.54) is 12.1 Å². The van der Waals surface area contributed by atoms with Crippen molar-refractivity contribution in [3.63, 3.8) is 0 Å². The molecule has 1 rings (SSSR count). The fraction of sp³-hybridized carbons (Fsp3) is 0.222. The van der Waals surface area contributed by atoms with E-state index in [2.05, 4.69) is 0 Å². The maximum atomic E-state index is 11.4. The molecule has 0 fully saturated rings. The number of thioether (sulfide) groups is 1. The van der Waals surface area contributed by atoms with E-state index in [1.54, 1.807) is 30.0 Å². The van der Waals surface area contributed by atoms with Crippen molar-refractivity contribution in [3.8, 4) is 6.07 Å². The molecule has 0 amide bonds. The van der Waals surface area contributed by atoms with E-state index in [9.17, 15) is 8.42 Å². The molecule has 0 aliphatic rings. The van der Waals surface area contributed by atoms with Gasteiger partial charge in [-0.1, -0.05) is 0 Å². The predicted octanol–water partition coefficient (Wildman–Crippen LogP) is 1.71. The van der Waals surface area contributed by atoms with Crippen LogP contribution in [0.25, 0.3) is 0 Å². The predicted molar refractivity (Wildman–Crippen MR) is 55.9 cm³/mol. The van der Waals surface area contributed by atoms with Gasteiger partial charge in [0.15, 0.2) is 9.84 Å². The Morgan fingerprint density at radius 1 is 1.36 bits per heavy atom. The summed E-state index contributed by atoms with van der Waals surface area (Å²) >= 11 is 1.54. The van der Waals surface area contributed by atoms with E-state index in [-0.39, 0.29) is 4.90 Å². The average Bonchev–Trinajstić information content (AvgIpc) is 2.18. The second-order valence-electron chi connectivity index (χ2n) is 2.59. The minimum atomic E-state index is -3.41. The lowest BCUT2D eigenvalue weighted by molar-refractivity contribution is 0.599. The van der Waals surface area contributed by atoms with Crippen LogP contribution in [0.15, 0.2) is 34.1 Å². The fourth-order valence-corrected chi connectivity index (χ4v) is 2.25. The molecule has 0 heterocycles. The molecule has 0 bridgehead atoms. The first-order valence-electron chi connectivity index (χ1n) is 3.84. The number of nitriles is 1. The molecule has 1 aromatic carbocycles. The molecule has 0 unspecified atom stereocenters. The largest absolute Gasteiger partial charge is 0.223 e. The minimum Gasteiger partial charge on any atom is -0.223 e. The van der Waals surface area contributed by atoms with Crippen LogP contribution in [0.4, 0.5) is 0 Å². The Labute approximate surface area is 87.7 Å². The van der Waals surface area contributed by atoms with Gasteiger partial charge in [-0.05, 0) is 30.5 Å². The van der Waals surface area contributed by atoms with Crippen molar-refractivity contribution in [2.45, 2.75) is 9.79 Å². The van der Waals surface area contributed by atoms with E-state index < -0.39 is 15.6 Å². The van der Waals surface area contributed by atoms with Gasteiger partial charge in [0.1, 0.15) is 5.75 Å². The zero-order chi connectivity index (χ0) is 10.6. The lowest BCUT2D eigenvalue weighted by Crippen LogP contribution is -2.04. The van der Waals surface area contributed by atoms with E-state index in [0.717, 1.165) is 4.90 Å². The fourth-order valence-electron chi connectivity index (χ4n) is 0.951. The molecular weight excluding hydrogens is 218 g/mol. The summed E-state index contributed by atoms with van der Waals surface area (Å²) in [4.78, 5) is 1.21. The van der Waals surface area contributed by atoms with Crippen LogP contribution in [-0.4, -0.2) is 20.4 Å². The summed E-state index contributed by atoms with van der Waals surface area (Å²) in [5.41, 5.74) is 0. The van der Waals surface area contributed by atoms with Crippen molar-refractivity contribution in [2.75, 3.05) is 12.0 Å². The Morgan fingerprint density at radius 3 is 2.36 bits per heavy atom. The van der Waals surface area contributed by atoms with Crippen LogP contribution in [0, 0.1) is 11.3 Å². The molecule has 0 saturated carbocycles. The maximum Gasteiger partial charge on any atom is 0.191 e. The molecule has 0 atom stereocenters. The van der Waals surface area contributed by atoms with Gasteiger partial charge >= 0.3 is 0 Å². The first-order valence-corrected chi connectivity index (χ1v) is 6.71. The summed E-state index contributed by atoms with van der Waals surface area (Å²) in [6.07, 6.45) is 1.92. The van der Waals surface area contributed by atoms with Crippen LogP contribution < -0.4 is 0 Å². The third kappa shape index (κ3) is 2.50. The molecule has 0 saturated heterocycles. The van der Waals surface area contributed by atoms with Gasteiger partial charge in [-0.25, -0.2) is 8.42 Å². The van der Waals surface area contributed by atoms with E-state index >= 15 is 0 Å². The Bertz CT molecular complexity index is 443. The highest BCUT2D eigenvalue weighted by Gasteiger charge is 2.12. The third-order valence-corrected chi connectivity index (χ3v) is 3.92. The van der Waals surface area contributed by atoms with Crippen LogP contribution in [0.1, 0.15) is 0 Å². The van der Waals surface area contributed by atoms with Gasteiger partial charge in [0.25, 0.3) is 0 Å². The Balaban J connectivity index is 3.05. The van der Waals surface area contributed by atoms with Gasteiger partial charge in [0.2, 0.25) is 0 Å². The minimum absolute atomic E-state index is 0.205. The van der Waals surface area contributed by atoms with Gasteiger partial charge in [-0.15, -0.1) is 11.8 Å². The van der Waals surface area contributed by atoms with Crippen LogP contribution in [-0.2, 0) is 9.84 Å². The molecule has 0 aromatic heterocycles. The normalized spacial score (nSPS) is 10.9. The van der Waals surface area contributed by atoms with Gasteiger partial charge in [-0.3, -0.25) is 0 Å². The highest BCUT2D eigenvalue weighted by molar-refractivity contribution is 7.98. The standard InChI is InChI=1S/C9H9NO2S2/c1-13-8-2-4-9(5-3-8)14(11,12)7-6-10/h2-5H,7H2,1H3. The highest BCUT2D eigenvalue weighted by Crippen LogP contribution is 2.18. The molecular formula is C9H9NO2S2. The van der Waals surface area contributed by atoms with E-state index in [4.69, 9.17) is 5.26 Å². The molecule has 1 aromatic rings. The smallest absolute Gasteiger partial charge is 0.191 e. The van der Waals surface area contributed by atoms with Gasteiger partial charge < -0.3 is 0 Å². The van der Waals surface area contributed by atoms with Crippen LogP contribution in [0.2, 0.25) is 0 Å². The van der Waals surface area contributed by atoms with Crippen LogP contribution in [0.3, 0.4) is 0 Å². The lowest BCUT2D eigenvalue weighted by Gasteiger charge is -2.00. The third-order valence-electron chi connectivity index (χ3n) is 1.67. The molecule has 0 N–H and O–H groups in total. The summed E-state index contributed by atoms with van der Waals surface area (Å²) in [5.74, 6) is -0.467. The molecule has 0 aliphatic carbocycles. The van der Waals surface area contributed by atoms with E-state index in [1.807, 2.05) is 6.26 Å². The maximum absolute atomic E-state index is 11.4. The topological polar surface area (TPSA) is 57.9 Å². The highest BCUT2D eigenvalue weighted by atomic mass is 32.2. The summed E-state index contributed by atoms with van der Waals surface area (Å²) in [5, 5.41) is 8.33. The first kappa shape index (κ1) is 11.1. The number of hydrogen-bond donors (Lipinski definition) is 0. The van der Waals surface area contributed by atoms with Crippen molar-refractivity contribution in [3.05, 3.63) is 24.3 Å². The van der Waals surface area contributed by atoms with Crippen molar-refractivity contribution >= 4 is 21.6 Å². The number of sulfone groups is 1. The molecule has 0 aliphatic heterocycles. The quantitative estimate of drug-likeness (QED) is 0.737. The van der Waals surface area contributed by atoms with Crippen LogP contribution in [0.5, 0.6) is 0 Å². The Hall–Kier alpha value is -0.990. The number of benzene rings is 1. The SMILES string of the molecule is CSc1ccc(S(=O)(=O)CC#N)cc1. The van der Waals surface area contributed by atoms with Crippen molar-refractivity contribution in [1.82, 2.24) is 0 Å². The molecule has 0 radical (unpaired) electrons. The second-order valence-corrected chi connectivity index (χ2v) is 5.46. The van der Waals surface area contributed by atoms with Crippen LogP contribution >= 0.6 is 11.8 Å². The Morgan fingerprint density at radius 2 is 1.93 bits per heavy atom. The molecule has 5 heteroatoms. The number of rotatable bonds is 3. The average molecular weight is 227 g/mol.